The van der Waals surface area contributed by atoms with E-state index in [1.165, 1.54) is 0 Å². The summed E-state index contributed by atoms with van der Waals surface area (Å²) in [4.78, 5) is 33.2. The van der Waals surface area contributed by atoms with Crippen molar-refractivity contribution in [3.8, 4) is 5.75 Å². The highest BCUT2D eigenvalue weighted by atomic mass is 16.5. The van der Waals surface area contributed by atoms with Crippen molar-refractivity contribution in [3.63, 3.8) is 0 Å². The molecule has 2 fully saturated rings. The molecule has 1 aromatic carbocycles. The highest BCUT2D eigenvalue weighted by Gasteiger charge is 2.32. The van der Waals surface area contributed by atoms with Gasteiger partial charge in [0.1, 0.15) is 11.4 Å². The molecule has 0 atom stereocenters. The van der Waals surface area contributed by atoms with Crippen LogP contribution in [0.3, 0.4) is 0 Å². The summed E-state index contributed by atoms with van der Waals surface area (Å²) in [5.41, 5.74) is 1.11. The molecular weight excluding hydrogens is 394 g/mol. The van der Waals surface area contributed by atoms with Gasteiger partial charge in [0.15, 0.2) is 0 Å². The van der Waals surface area contributed by atoms with Crippen LogP contribution in [-0.2, 0) is 4.79 Å². The van der Waals surface area contributed by atoms with Crippen molar-refractivity contribution in [1.29, 1.82) is 0 Å². The topological polar surface area (TPSA) is 105 Å². The summed E-state index contributed by atoms with van der Waals surface area (Å²) >= 11 is 0. The smallest absolute Gasteiger partial charge is 0.270 e. The highest BCUT2D eigenvalue weighted by Crippen LogP contribution is 2.30. The van der Waals surface area contributed by atoms with E-state index in [-0.39, 0.29) is 29.8 Å². The number of hydrogen-bond acceptors (Lipinski definition) is 6. The summed E-state index contributed by atoms with van der Waals surface area (Å²) in [6, 6.07) is 9.44. The second-order valence-corrected chi connectivity index (χ2v) is 8.16. The van der Waals surface area contributed by atoms with Crippen molar-refractivity contribution in [1.82, 2.24) is 20.6 Å². The number of carbonyl (C=O) groups is 2. The average Bonchev–Trinajstić information content (AvgIpc) is 3.61. The number of benzene rings is 1. The van der Waals surface area contributed by atoms with Crippen molar-refractivity contribution < 1.29 is 14.3 Å². The Morgan fingerprint density at radius 3 is 2.48 bits per heavy atom. The van der Waals surface area contributed by atoms with Crippen LogP contribution in [-0.4, -0.2) is 40.5 Å². The van der Waals surface area contributed by atoms with Crippen LogP contribution in [0.5, 0.6) is 5.75 Å². The average molecular weight is 424 g/mol. The molecule has 3 N–H and O–H groups in total. The zero-order valence-electron chi connectivity index (χ0n) is 17.8. The molecule has 4 rings (SSSR count). The molecule has 2 aliphatic rings. The van der Waals surface area contributed by atoms with Gasteiger partial charge in [-0.05, 0) is 63.6 Å². The Kier molecular flexibility index (Phi) is 6.64. The van der Waals surface area contributed by atoms with Crippen LogP contribution in [0.2, 0.25) is 0 Å². The monoisotopic (exact) mass is 423 g/mol. The van der Waals surface area contributed by atoms with E-state index in [0.29, 0.717) is 18.2 Å². The Morgan fingerprint density at radius 1 is 1.03 bits per heavy atom. The maximum atomic E-state index is 12.7. The summed E-state index contributed by atoms with van der Waals surface area (Å²) in [6.07, 6.45) is 7.08. The third kappa shape index (κ3) is 5.93. The molecule has 0 spiro atoms. The van der Waals surface area contributed by atoms with E-state index in [4.69, 9.17) is 4.74 Å². The summed E-state index contributed by atoms with van der Waals surface area (Å²) in [7, 11) is 0. The molecule has 31 heavy (non-hydrogen) atoms. The maximum Gasteiger partial charge on any atom is 0.270 e. The molecule has 1 aromatic heterocycles. The molecular formula is C23H29N5O3. The number of amides is 2. The number of rotatable bonds is 8. The van der Waals surface area contributed by atoms with Crippen molar-refractivity contribution >= 4 is 23.5 Å². The minimum absolute atomic E-state index is 0.0934. The van der Waals surface area contributed by atoms with Crippen molar-refractivity contribution in [3.05, 3.63) is 42.2 Å². The maximum absolute atomic E-state index is 12.7. The lowest BCUT2D eigenvalue weighted by Gasteiger charge is -2.29. The number of carbonyl (C=O) groups excluding carboxylic acids is 2. The van der Waals surface area contributed by atoms with Gasteiger partial charge in [0.2, 0.25) is 11.9 Å². The molecule has 0 aliphatic heterocycles. The summed E-state index contributed by atoms with van der Waals surface area (Å²) in [5.74, 6) is 1.33. The van der Waals surface area contributed by atoms with Gasteiger partial charge in [0, 0.05) is 36.0 Å². The van der Waals surface area contributed by atoms with Crippen LogP contribution in [0.25, 0.3) is 0 Å². The van der Waals surface area contributed by atoms with E-state index in [9.17, 15) is 9.59 Å². The molecule has 0 radical (unpaired) electrons. The molecule has 0 saturated heterocycles. The second kappa shape index (κ2) is 9.76. The largest absolute Gasteiger partial charge is 0.494 e. The van der Waals surface area contributed by atoms with Gasteiger partial charge in [-0.15, -0.1) is 0 Å². The molecule has 1 heterocycles. The summed E-state index contributed by atoms with van der Waals surface area (Å²) < 4.78 is 5.51. The first-order chi connectivity index (χ1) is 15.1. The van der Waals surface area contributed by atoms with E-state index in [2.05, 4.69) is 25.9 Å². The highest BCUT2D eigenvalue weighted by molar-refractivity contribution is 5.92. The minimum atomic E-state index is -0.209. The van der Waals surface area contributed by atoms with E-state index in [1.54, 1.807) is 12.3 Å². The molecule has 164 valence electrons. The molecule has 0 bridgehead atoms. The lowest BCUT2D eigenvalue weighted by Crippen LogP contribution is -2.44. The number of nitrogens with one attached hydrogen (secondary N) is 3. The molecule has 2 aromatic rings. The van der Waals surface area contributed by atoms with Gasteiger partial charge in [-0.25, -0.2) is 9.97 Å². The van der Waals surface area contributed by atoms with E-state index in [1.807, 2.05) is 31.2 Å². The number of anilines is 2. The molecule has 8 heteroatoms. The van der Waals surface area contributed by atoms with Crippen LogP contribution in [0, 0.1) is 5.92 Å². The Hall–Kier alpha value is -3.16. The van der Waals surface area contributed by atoms with Crippen LogP contribution >= 0.6 is 0 Å². The normalized spacial score (nSPS) is 20.5. The Balaban J connectivity index is 1.29. The predicted molar refractivity (Wildman–Crippen MR) is 117 cm³/mol. The number of hydrogen-bond donors (Lipinski definition) is 3. The molecule has 0 unspecified atom stereocenters. The Bertz CT molecular complexity index is 923. The van der Waals surface area contributed by atoms with E-state index in [0.717, 1.165) is 50.0 Å². The number of ether oxygens (including phenoxy) is 1. The van der Waals surface area contributed by atoms with Crippen LogP contribution in [0.15, 0.2) is 36.5 Å². The third-order valence-electron chi connectivity index (χ3n) is 5.65. The van der Waals surface area contributed by atoms with Gasteiger partial charge < -0.3 is 20.7 Å². The Labute approximate surface area is 182 Å². The van der Waals surface area contributed by atoms with Crippen LogP contribution in [0.1, 0.15) is 55.9 Å². The zero-order chi connectivity index (χ0) is 21.6. The summed E-state index contributed by atoms with van der Waals surface area (Å²) in [6.45, 7) is 2.52. The number of aromatic nitrogens is 2. The third-order valence-corrected chi connectivity index (χ3v) is 5.65. The first kappa shape index (κ1) is 21.1. The number of nitrogens with zero attached hydrogens (tertiary/aromatic N) is 2. The fourth-order valence-electron chi connectivity index (χ4n) is 3.81. The quantitative estimate of drug-likeness (QED) is 0.602. The summed E-state index contributed by atoms with van der Waals surface area (Å²) in [5, 5.41) is 9.33. The molecule has 8 nitrogen and oxygen atoms in total. The molecule has 2 amide bonds. The molecule has 2 aliphatic carbocycles. The molecule has 2 saturated carbocycles. The standard InChI is InChI=1S/C23H29N5O3/c1-2-31-19-5-3-4-18(14-19)27-23-24-13-12-20(28-23)22(30)26-17-10-8-16(9-11-17)25-21(29)15-6-7-15/h3-5,12-17H,2,6-11H2,1H3,(H,25,29)(H,26,30)(H,24,27,28). The first-order valence-corrected chi connectivity index (χ1v) is 11.0. The van der Waals surface area contributed by atoms with E-state index >= 15 is 0 Å². The second-order valence-electron chi connectivity index (χ2n) is 8.16. The lowest BCUT2D eigenvalue weighted by molar-refractivity contribution is -0.123. The van der Waals surface area contributed by atoms with Crippen molar-refractivity contribution in [2.75, 3.05) is 11.9 Å². The van der Waals surface area contributed by atoms with Crippen molar-refractivity contribution in [2.24, 2.45) is 5.92 Å². The predicted octanol–water partition coefficient (Wildman–Crippen LogP) is 3.19. The minimum Gasteiger partial charge on any atom is -0.494 e. The SMILES string of the molecule is CCOc1cccc(Nc2nccc(C(=O)NC3CCC(NC(=O)C4CC4)CC3)n2)c1. The Morgan fingerprint density at radius 2 is 1.77 bits per heavy atom. The van der Waals surface area contributed by atoms with Gasteiger partial charge >= 0.3 is 0 Å². The van der Waals surface area contributed by atoms with Gasteiger partial charge in [-0.2, -0.15) is 0 Å². The van der Waals surface area contributed by atoms with Gasteiger partial charge in [0.05, 0.1) is 6.61 Å². The van der Waals surface area contributed by atoms with Gasteiger partial charge in [0.25, 0.3) is 5.91 Å². The van der Waals surface area contributed by atoms with Gasteiger partial charge in [-0.3, -0.25) is 9.59 Å². The van der Waals surface area contributed by atoms with Crippen LogP contribution < -0.4 is 20.7 Å². The first-order valence-electron chi connectivity index (χ1n) is 11.0. The fourth-order valence-corrected chi connectivity index (χ4v) is 3.81. The van der Waals surface area contributed by atoms with Gasteiger partial charge in [-0.1, -0.05) is 6.07 Å². The lowest BCUT2D eigenvalue weighted by atomic mass is 9.91. The van der Waals surface area contributed by atoms with Crippen LogP contribution in [0.4, 0.5) is 11.6 Å². The zero-order valence-corrected chi connectivity index (χ0v) is 17.8. The van der Waals surface area contributed by atoms with E-state index < -0.39 is 0 Å². The fraction of sp³-hybridized carbons (Fsp3) is 0.478. The van der Waals surface area contributed by atoms with Crippen molar-refractivity contribution in [2.45, 2.75) is 57.5 Å².